The molecule has 2 saturated carbocycles. The predicted octanol–water partition coefficient (Wildman–Crippen LogP) is 3.74. The molecule has 1 heteroatoms. The first-order valence-corrected chi connectivity index (χ1v) is 6.97. The summed E-state index contributed by atoms with van der Waals surface area (Å²) >= 11 is 0. The molecular formula is C14H27N. The lowest BCUT2D eigenvalue weighted by Gasteiger charge is -2.43. The van der Waals surface area contributed by atoms with E-state index >= 15 is 0 Å². The van der Waals surface area contributed by atoms with Crippen LogP contribution in [0.2, 0.25) is 0 Å². The summed E-state index contributed by atoms with van der Waals surface area (Å²) in [6.07, 6.45) is 11.5. The topological polar surface area (TPSA) is 12.0 Å². The first-order valence-electron chi connectivity index (χ1n) is 6.97. The van der Waals surface area contributed by atoms with Gasteiger partial charge in [0.25, 0.3) is 0 Å². The molecule has 2 aliphatic carbocycles. The van der Waals surface area contributed by atoms with E-state index in [2.05, 4.69) is 19.2 Å². The van der Waals surface area contributed by atoms with Crippen molar-refractivity contribution in [3.8, 4) is 0 Å². The summed E-state index contributed by atoms with van der Waals surface area (Å²) in [5, 5.41) is 3.85. The highest BCUT2D eigenvalue weighted by Gasteiger charge is 2.35. The van der Waals surface area contributed by atoms with Gasteiger partial charge in [0.15, 0.2) is 0 Å². The van der Waals surface area contributed by atoms with Gasteiger partial charge in [-0.3, -0.25) is 0 Å². The van der Waals surface area contributed by atoms with Crippen molar-refractivity contribution < 1.29 is 0 Å². The molecule has 0 aromatic heterocycles. The van der Waals surface area contributed by atoms with Gasteiger partial charge in [0.2, 0.25) is 0 Å². The third-order valence-corrected chi connectivity index (χ3v) is 4.87. The summed E-state index contributed by atoms with van der Waals surface area (Å²) in [7, 11) is 0. The second-order valence-corrected chi connectivity index (χ2v) is 6.06. The van der Waals surface area contributed by atoms with Crippen LogP contribution in [0.5, 0.6) is 0 Å². The van der Waals surface area contributed by atoms with Crippen LogP contribution in [-0.2, 0) is 0 Å². The molecule has 2 aliphatic rings. The van der Waals surface area contributed by atoms with Gasteiger partial charge < -0.3 is 5.32 Å². The van der Waals surface area contributed by atoms with E-state index in [0.717, 1.165) is 12.0 Å². The average molecular weight is 209 g/mol. The summed E-state index contributed by atoms with van der Waals surface area (Å²) in [4.78, 5) is 0. The molecule has 2 rings (SSSR count). The maximum atomic E-state index is 3.85. The molecule has 2 atom stereocenters. The molecule has 1 nitrogen and oxygen atoms in total. The number of rotatable bonds is 4. The molecule has 0 aliphatic heterocycles. The van der Waals surface area contributed by atoms with E-state index in [9.17, 15) is 0 Å². The number of nitrogens with one attached hydrogen (secondary N) is 1. The molecule has 0 aromatic rings. The fraction of sp³-hybridized carbons (Fsp3) is 1.00. The molecule has 0 aromatic carbocycles. The Hall–Kier alpha value is -0.0400. The zero-order valence-electron chi connectivity index (χ0n) is 10.5. The van der Waals surface area contributed by atoms with Gasteiger partial charge in [0, 0.05) is 12.6 Å². The van der Waals surface area contributed by atoms with Crippen LogP contribution in [0, 0.1) is 11.3 Å². The Bertz CT molecular complexity index is 190. The summed E-state index contributed by atoms with van der Waals surface area (Å²) in [6, 6.07) is 0.831. The predicted molar refractivity (Wildman–Crippen MR) is 66.0 cm³/mol. The van der Waals surface area contributed by atoms with Crippen LogP contribution >= 0.6 is 0 Å². The van der Waals surface area contributed by atoms with Crippen molar-refractivity contribution in [2.75, 3.05) is 6.54 Å². The molecule has 0 spiro atoms. The lowest BCUT2D eigenvalue weighted by atomic mass is 9.67. The molecule has 2 fully saturated rings. The van der Waals surface area contributed by atoms with Crippen molar-refractivity contribution in [2.24, 2.45) is 11.3 Å². The Labute approximate surface area is 95.0 Å². The van der Waals surface area contributed by atoms with Crippen molar-refractivity contribution in [1.29, 1.82) is 0 Å². The third-order valence-electron chi connectivity index (χ3n) is 4.87. The quantitative estimate of drug-likeness (QED) is 0.744. The summed E-state index contributed by atoms with van der Waals surface area (Å²) < 4.78 is 0. The fourth-order valence-corrected chi connectivity index (χ4v) is 3.31. The van der Waals surface area contributed by atoms with Gasteiger partial charge in [-0.25, -0.2) is 0 Å². The Morgan fingerprint density at radius 1 is 1.20 bits per heavy atom. The minimum atomic E-state index is 0.695. The van der Waals surface area contributed by atoms with Crippen molar-refractivity contribution in [2.45, 2.75) is 71.3 Å². The molecule has 0 saturated heterocycles. The van der Waals surface area contributed by atoms with E-state index in [1.807, 2.05) is 0 Å². The second-order valence-electron chi connectivity index (χ2n) is 6.06. The first kappa shape index (κ1) is 11.4. The lowest BCUT2D eigenvalue weighted by molar-refractivity contribution is 0.113. The van der Waals surface area contributed by atoms with E-state index in [0.29, 0.717) is 5.41 Å². The van der Waals surface area contributed by atoms with E-state index < -0.39 is 0 Å². The van der Waals surface area contributed by atoms with Crippen LogP contribution in [0.1, 0.15) is 65.2 Å². The highest BCUT2D eigenvalue weighted by atomic mass is 14.9. The van der Waals surface area contributed by atoms with E-state index in [1.54, 1.807) is 0 Å². The van der Waals surface area contributed by atoms with Crippen LogP contribution in [0.3, 0.4) is 0 Å². The van der Waals surface area contributed by atoms with E-state index in [-0.39, 0.29) is 0 Å². The minimum Gasteiger partial charge on any atom is -0.313 e. The van der Waals surface area contributed by atoms with Gasteiger partial charge in [-0.05, 0) is 43.4 Å². The molecule has 0 radical (unpaired) electrons. The van der Waals surface area contributed by atoms with Gasteiger partial charge in [-0.2, -0.15) is 0 Å². The zero-order chi connectivity index (χ0) is 10.7. The van der Waals surface area contributed by atoms with Gasteiger partial charge in [-0.1, -0.05) is 33.1 Å². The smallest absolute Gasteiger partial charge is 0.00698 e. The standard InChI is InChI=1S/C14H27N/c1-3-14(8-5-9-14)11-15-13-7-4-6-12(2)10-13/h12-13,15H,3-11H2,1-2H3. The van der Waals surface area contributed by atoms with E-state index in [4.69, 9.17) is 0 Å². The molecule has 88 valence electrons. The Morgan fingerprint density at radius 3 is 2.53 bits per heavy atom. The van der Waals surface area contributed by atoms with Crippen LogP contribution in [0.15, 0.2) is 0 Å². The van der Waals surface area contributed by atoms with Crippen LogP contribution < -0.4 is 5.32 Å². The molecular weight excluding hydrogens is 182 g/mol. The summed E-state index contributed by atoms with van der Waals surface area (Å²) in [6.45, 7) is 6.07. The van der Waals surface area contributed by atoms with Crippen molar-refractivity contribution in [3.63, 3.8) is 0 Å². The SMILES string of the molecule is CCC1(CNC2CCCC(C)C2)CCC1. The molecule has 0 heterocycles. The lowest BCUT2D eigenvalue weighted by Crippen LogP contribution is -2.44. The average Bonchev–Trinajstić information content (AvgIpc) is 2.17. The van der Waals surface area contributed by atoms with Gasteiger partial charge >= 0.3 is 0 Å². The Morgan fingerprint density at radius 2 is 2.00 bits per heavy atom. The van der Waals surface area contributed by atoms with E-state index in [1.165, 1.54) is 57.9 Å². The minimum absolute atomic E-state index is 0.695. The maximum Gasteiger partial charge on any atom is 0.00698 e. The highest BCUT2D eigenvalue weighted by Crippen LogP contribution is 2.43. The zero-order valence-corrected chi connectivity index (χ0v) is 10.5. The van der Waals surface area contributed by atoms with Crippen LogP contribution in [-0.4, -0.2) is 12.6 Å². The normalized spacial score (nSPS) is 34.8. The Kier molecular flexibility index (Phi) is 3.71. The summed E-state index contributed by atoms with van der Waals surface area (Å²) in [5.41, 5.74) is 0.695. The van der Waals surface area contributed by atoms with Crippen molar-refractivity contribution >= 4 is 0 Å². The van der Waals surface area contributed by atoms with Crippen molar-refractivity contribution in [1.82, 2.24) is 5.32 Å². The van der Waals surface area contributed by atoms with Gasteiger partial charge in [-0.15, -0.1) is 0 Å². The number of hydrogen-bond donors (Lipinski definition) is 1. The monoisotopic (exact) mass is 209 g/mol. The van der Waals surface area contributed by atoms with Crippen LogP contribution in [0.25, 0.3) is 0 Å². The van der Waals surface area contributed by atoms with Gasteiger partial charge in [0.1, 0.15) is 0 Å². The molecule has 15 heavy (non-hydrogen) atoms. The molecule has 1 N–H and O–H groups in total. The highest BCUT2D eigenvalue weighted by molar-refractivity contribution is 4.90. The van der Waals surface area contributed by atoms with Crippen molar-refractivity contribution in [3.05, 3.63) is 0 Å². The molecule has 0 bridgehead atoms. The van der Waals surface area contributed by atoms with Gasteiger partial charge in [0.05, 0.1) is 0 Å². The maximum absolute atomic E-state index is 3.85. The fourth-order valence-electron chi connectivity index (χ4n) is 3.31. The first-order chi connectivity index (χ1) is 7.24. The largest absolute Gasteiger partial charge is 0.313 e. The number of hydrogen-bond acceptors (Lipinski definition) is 1. The van der Waals surface area contributed by atoms with Crippen LogP contribution in [0.4, 0.5) is 0 Å². The summed E-state index contributed by atoms with van der Waals surface area (Å²) in [5.74, 6) is 0.954. The third kappa shape index (κ3) is 2.75. The molecule has 2 unspecified atom stereocenters. The molecule has 0 amide bonds. The second kappa shape index (κ2) is 4.86. The Balaban J connectivity index is 1.72.